The molecule has 0 saturated heterocycles. The van der Waals surface area contributed by atoms with Gasteiger partial charge in [0.05, 0.1) is 6.61 Å². The smallest absolute Gasteiger partial charge is 0.126 e. The minimum Gasteiger partial charge on any atom is -0.493 e. The quantitative estimate of drug-likeness (QED) is 0.676. The third kappa shape index (κ3) is 5.45. The van der Waals surface area contributed by atoms with Gasteiger partial charge in [0.15, 0.2) is 0 Å². The monoisotopic (exact) mass is 341 g/mol. The molecule has 0 saturated carbocycles. The second-order valence-electron chi connectivity index (χ2n) is 5.47. The topological polar surface area (TPSA) is 21.3 Å². The molecule has 0 aliphatic rings. The summed E-state index contributed by atoms with van der Waals surface area (Å²) in [7, 11) is 1.97. The lowest BCUT2D eigenvalue weighted by atomic mass is 10.0. The zero-order chi connectivity index (χ0) is 15.0. The lowest BCUT2D eigenvalue weighted by Crippen LogP contribution is -2.14. The largest absolute Gasteiger partial charge is 0.493 e. The minimum absolute atomic E-state index is 0.667. The van der Waals surface area contributed by atoms with Crippen LogP contribution < -0.4 is 10.1 Å². The molecule has 0 bridgehead atoms. The molecule has 0 aliphatic heterocycles. The van der Waals surface area contributed by atoms with E-state index in [1.54, 1.807) is 0 Å². The number of halogens is 1. The molecule has 0 spiro atoms. The van der Waals surface area contributed by atoms with E-state index in [2.05, 4.69) is 54.2 Å². The normalized spacial score (nSPS) is 12.4. The summed E-state index contributed by atoms with van der Waals surface area (Å²) >= 11 is 3.56. The van der Waals surface area contributed by atoms with Gasteiger partial charge in [-0.2, -0.15) is 0 Å². The van der Waals surface area contributed by atoms with E-state index in [0.717, 1.165) is 23.4 Å². The molecule has 2 nitrogen and oxygen atoms in total. The Bertz CT molecular complexity index is 406. The molecule has 0 aromatic heterocycles. The van der Waals surface area contributed by atoms with Crippen LogP contribution in [0.4, 0.5) is 0 Å². The summed E-state index contributed by atoms with van der Waals surface area (Å²) in [6.45, 7) is 8.29. The van der Waals surface area contributed by atoms with Crippen LogP contribution in [0.25, 0.3) is 0 Å². The van der Waals surface area contributed by atoms with Crippen LogP contribution in [0.2, 0.25) is 0 Å². The third-order valence-corrected chi connectivity index (χ3v) is 4.15. The fourth-order valence-corrected chi connectivity index (χ4v) is 3.05. The Labute approximate surface area is 132 Å². The van der Waals surface area contributed by atoms with Gasteiger partial charge in [0.1, 0.15) is 5.75 Å². The number of hydrogen-bond donors (Lipinski definition) is 1. The fraction of sp³-hybridized carbons (Fsp3) is 0.647. The van der Waals surface area contributed by atoms with Crippen LogP contribution >= 0.6 is 15.9 Å². The number of benzene rings is 1. The molecule has 1 rings (SSSR count). The maximum absolute atomic E-state index is 6.16. The molecular weight excluding hydrogens is 314 g/mol. The Morgan fingerprint density at radius 1 is 1.30 bits per heavy atom. The zero-order valence-corrected chi connectivity index (χ0v) is 14.8. The van der Waals surface area contributed by atoms with Crippen molar-refractivity contribution in [2.75, 3.05) is 13.7 Å². The Balaban J connectivity index is 2.74. The fourth-order valence-electron chi connectivity index (χ4n) is 2.43. The first-order chi connectivity index (χ1) is 9.62. The van der Waals surface area contributed by atoms with Gasteiger partial charge in [-0.05, 0) is 44.0 Å². The van der Waals surface area contributed by atoms with Gasteiger partial charge in [0.2, 0.25) is 0 Å². The maximum atomic E-state index is 6.16. The average molecular weight is 342 g/mol. The predicted molar refractivity (Wildman–Crippen MR) is 90.4 cm³/mol. The summed E-state index contributed by atoms with van der Waals surface area (Å²) in [6.07, 6.45) is 5.02. The van der Waals surface area contributed by atoms with Crippen LogP contribution in [0.15, 0.2) is 16.6 Å². The van der Waals surface area contributed by atoms with E-state index in [9.17, 15) is 0 Å². The molecular formula is C17H28BrNO. The molecule has 1 atom stereocenters. The van der Waals surface area contributed by atoms with Gasteiger partial charge < -0.3 is 10.1 Å². The van der Waals surface area contributed by atoms with Crippen molar-refractivity contribution in [3.8, 4) is 5.75 Å². The number of unbranched alkanes of at least 4 members (excludes halogenated alkanes) is 1. The van der Waals surface area contributed by atoms with Crippen molar-refractivity contribution in [2.24, 2.45) is 5.92 Å². The second-order valence-corrected chi connectivity index (χ2v) is 6.38. The van der Waals surface area contributed by atoms with E-state index in [1.807, 2.05) is 7.05 Å². The lowest BCUT2D eigenvalue weighted by molar-refractivity contribution is 0.230. The molecule has 1 unspecified atom stereocenters. The Hall–Kier alpha value is -0.540. The first-order valence-electron chi connectivity index (χ1n) is 7.68. The SMILES string of the molecule is CCCCC(CC)COc1c(C)cc(Br)cc1CNC. The number of ether oxygens (including phenoxy) is 1. The molecule has 0 heterocycles. The van der Waals surface area contributed by atoms with E-state index < -0.39 is 0 Å². The first-order valence-corrected chi connectivity index (χ1v) is 8.48. The van der Waals surface area contributed by atoms with Gasteiger partial charge in [-0.25, -0.2) is 0 Å². The van der Waals surface area contributed by atoms with Gasteiger partial charge >= 0.3 is 0 Å². The van der Waals surface area contributed by atoms with E-state index in [4.69, 9.17) is 4.74 Å². The molecule has 20 heavy (non-hydrogen) atoms. The highest BCUT2D eigenvalue weighted by Crippen LogP contribution is 2.29. The first kappa shape index (κ1) is 17.5. The van der Waals surface area contributed by atoms with Crippen molar-refractivity contribution in [3.05, 3.63) is 27.7 Å². The van der Waals surface area contributed by atoms with Crippen molar-refractivity contribution in [1.29, 1.82) is 0 Å². The molecule has 1 aromatic rings. The Morgan fingerprint density at radius 3 is 2.65 bits per heavy atom. The summed E-state index contributed by atoms with van der Waals surface area (Å²) in [5.41, 5.74) is 2.43. The summed E-state index contributed by atoms with van der Waals surface area (Å²) in [4.78, 5) is 0. The van der Waals surface area contributed by atoms with Gasteiger partial charge in [0, 0.05) is 16.6 Å². The molecule has 0 radical (unpaired) electrons. The average Bonchev–Trinajstić information content (AvgIpc) is 2.41. The highest BCUT2D eigenvalue weighted by atomic mass is 79.9. The van der Waals surface area contributed by atoms with Crippen LogP contribution in [0.1, 0.15) is 50.7 Å². The van der Waals surface area contributed by atoms with E-state index in [-0.39, 0.29) is 0 Å². The minimum atomic E-state index is 0.667. The Kier molecular flexibility index (Phi) is 8.24. The number of nitrogens with one attached hydrogen (secondary N) is 1. The van der Waals surface area contributed by atoms with Crippen molar-refractivity contribution < 1.29 is 4.74 Å². The van der Waals surface area contributed by atoms with Crippen LogP contribution in [0, 0.1) is 12.8 Å². The molecule has 0 aliphatic carbocycles. The van der Waals surface area contributed by atoms with Crippen LogP contribution in [-0.2, 0) is 6.54 Å². The van der Waals surface area contributed by atoms with Crippen molar-refractivity contribution >= 4 is 15.9 Å². The third-order valence-electron chi connectivity index (χ3n) is 3.69. The Morgan fingerprint density at radius 2 is 2.05 bits per heavy atom. The highest BCUT2D eigenvalue weighted by Gasteiger charge is 2.12. The zero-order valence-electron chi connectivity index (χ0n) is 13.3. The van der Waals surface area contributed by atoms with Crippen LogP contribution in [-0.4, -0.2) is 13.7 Å². The number of rotatable bonds is 9. The van der Waals surface area contributed by atoms with Gasteiger partial charge in [0.25, 0.3) is 0 Å². The van der Waals surface area contributed by atoms with Gasteiger partial charge in [-0.3, -0.25) is 0 Å². The number of aryl methyl sites for hydroxylation is 1. The van der Waals surface area contributed by atoms with Crippen molar-refractivity contribution in [2.45, 2.75) is 53.0 Å². The summed E-state index contributed by atoms with van der Waals surface area (Å²) in [5, 5.41) is 3.21. The second kappa shape index (κ2) is 9.41. The standard InChI is InChI=1S/C17H28BrNO/c1-5-7-8-14(6-2)12-20-17-13(3)9-16(18)10-15(17)11-19-4/h9-10,14,19H,5-8,11-12H2,1-4H3. The molecule has 1 N–H and O–H groups in total. The van der Waals surface area contributed by atoms with Gasteiger partial charge in [-0.15, -0.1) is 0 Å². The van der Waals surface area contributed by atoms with E-state index in [0.29, 0.717) is 5.92 Å². The molecule has 3 heteroatoms. The molecule has 0 fully saturated rings. The lowest BCUT2D eigenvalue weighted by Gasteiger charge is -2.19. The van der Waals surface area contributed by atoms with E-state index >= 15 is 0 Å². The van der Waals surface area contributed by atoms with Crippen molar-refractivity contribution in [3.63, 3.8) is 0 Å². The van der Waals surface area contributed by atoms with Crippen LogP contribution in [0.5, 0.6) is 5.75 Å². The summed E-state index contributed by atoms with van der Waals surface area (Å²) in [5.74, 6) is 1.72. The maximum Gasteiger partial charge on any atom is 0.126 e. The van der Waals surface area contributed by atoms with Crippen LogP contribution in [0.3, 0.4) is 0 Å². The predicted octanol–water partition coefficient (Wildman–Crippen LogP) is 5.07. The van der Waals surface area contributed by atoms with Crippen molar-refractivity contribution in [1.82, 2.24) is 5.32 Å². The highest BCUT2D eigenvalue weighted by molar-refractivity contribution is 9.10. The van der Waals surface area contributed by atoms with E-state index in [1.165, 1.54) is 36.8 Å². The number of hydrogen-bond acceptors (Lipinski definition) is 2. The molecule has 1 aromatic carbocycles. The molecule has 114 valence electrons. The summed E-state index contributed by atoms with van der Waals surface area (Å²) in [6, 6.07) is 4.27. The van der Waals surface area contributed by atoms with Gasteiger partial charge in [-0.1, -0.05) is 49.0 Å². The summed E-state index contributed by atoms with van der Waals surface area (Å²) < 4.78 is 7.28. The molecule has 0 amide bonds.